The van der Waals surface area contributed by atoms with E-state index in [0.29, 0.717) is 11.4 Å². The standard InChI is InChI=1S/C15H16F3N3/c1-21(2)12-5-3-4-10(8-12)20-11-6-7-14(19)13(9-11)15(16,17)18/h3-9,20H,19H2,1-2H3. The Morgan fingerprint density at radius 3 is 2.29 bits per heavy atom. The van der Waals surface area contributed by atoms with E-state index in [9.17, 15) is 13.2 Å². The zero-order chi connectivity index (χ0) is 15.6. The molecule has 0 aliphatic heterocycles. The van der Waals surface area contributed by atoms with Crippen LogP contribution in [0.25, 0.3) is 0 Å². The summed E-state index contributed by atoms with van der Waals surface area (Å²) >= 11 is 0. The first-order valence-corrected chi connectivity index (χ1v) is 6.28. The minimum Gasteiger partial charge on any atom is -0.398 e. The highest BCUT2D eigenvalue weighted by Gasteiger charge is 2.33. The molecule has 0 fully saturated rings. The molecule has 0 heterocycles. The van der Waals surface area contributed by atoms with E-state index in [2.05, 4.69) is 5.32 Å². The van der Waals surface area contributed by atoms with Crippen molar-refractivity contribution in [1.82, 2.24) is 0 Å². The smallest absolute Gasteiger partial charge is 0.398 e. The fourth-order valence-electron chi connectivity index (χ4n) is 1.91. The molecule has 0 aromatic heterocycles. The van der Waals surface area contributed by atoms with Crippen LogP contribution in [0.5, 0.6) is 0 Å². The van der Waals surface area contributed by atoms with Crippen LogP contribution < -0.4 is 16.0 Å². The van der Waals surface area contributed by atoms with Crippen molar-refractivity contribution in [2.45, 2.75) is 6.18 Å². The second kappa shape index (κ2) is 5.55. The molecule has 6 heteroatoms. The maximum absolute atomic E-state index is 12.8. The van der Waals surface area contributed by atoms with Crippen LogP contribution in [0.1, 0.15) is 5.56 Å². The highest BCUT2D eigenvalue weighted by atomic mass is 19.4. The monoisotopic (exact) mass is 295 g/mol. The first-order chi connectivity index (χ1) is 9.77. The number of halogens is 3. The number of hydrogen-bond acceptors (Lipinski definition) is 3. The normalized spacial score (nSPS) is 11.3. The zero-order valence-electron chi connectivity index (χ0n) is 11.7. The van der Waals surface area contributed by atoms with Crippen molar-refractivity contribution in [2.24, 2.45) is 0 Å². The second-order valence-electron chi connectivity index (χ2n) is 4.87. The summed E-state index contributed by atoms with van der Waals surface area (Å²) < 4.78 is 38.5. The Hall–Kier alpha value is -2.37. The Balaban J connectivity index is 2.30. The lowest BCUT2D eigenvalue weighted by Gasteiger charge is -2.16. The summed E-state index contributed by atoms with van der Waals surface area (Å²) in [5.74, 6) is 0. The second-order valence-corrected chi connectivity index (χ2v) is 4.87. The van der Waals surface area contributed by atoms with Gasteiger partial charge in [0.2, 0.25) is 0 Å². The number of nitrogen functional groups attached to an aromatic ring is 1. The third-order valence-electron chi connectivity index (χ3n) is 3.01. The lowest BCUT2D eigenvalue weighted by molar-refractivity contribution is -0.136. The van der Waals surface area contributed by atoms with Crippen molar-refractivity contribution in [3.05, 3.63) is 48.0 Å². The number of nitrogens with one attached hydrogen (secondary N) is 1. The van der Waals surface area contributed by atoms with E-state index >= 15 is 0 Å². The average Bonchev–Trinajstić information content (AvgIpc) is 2.40. The van der Waals surface area contributed by atoms with Gasteiger partial charge < -0.3 is 16.0 Å². The Bertz CT molecular complexity index is 636. The number of nitrogens with zero attached hydrogens (tertiary/aromatic N) is 1. The summed E-state index contributed by atoms with van der Waals surface area (Å²) in [4.78, 5) is 1.91. The van der Waals surface area contributed by atoms with E-state index in [-0.39, 0.29) is 5.69 Å². The Morgan fingerprint density at radius 1 is 1.00 bits per heavy atom. The highest BCUT2D eigenvalue weighted by Crippen LogP contribution is 2.35. The van der Waals surface area contributed by atoms with E-state index in [1.54, 1.807) is 6.07 Å². The number of alkyl halides is 3. The van der Waals surface area contributed by atoms with Crippen molar-refractivity contribution >= 4 is 22.7 Å². The molecule has 2 rings (SSSR count). The van der Waals surface area contributed by atoms with Crippen LogP contribution in [0.4, 0.5) is 35.9 Å². The first kappa shape index (κ1) is 15.0. The van der Waals surface area contributed by atoms with Gasteiger partial charge in [-0.05, 0) is 36.4 Å². The molecule has 0 bridgehead atoms. The van der Waals surface area contributed by atoms with Crippen molar-refractivity contribution in [2.75, 3.05) is 30.0 Å². The Labute approximate surface area is 121 Å². The molecule has 0 unspecified atom stereocenters. The third kappa shape index (κ3) is 3.59. The first-order valence-electron chi connectivity index (χ1n) is 6.28. The van der Waals surface area contributed by atoms with Gasteiger partial charge in [0, 0.05) is 36.8 Å². The van der Waals surface area contributed by atoms with Crippen LogP contribution in [0.2, 0.25) is 0 Å². The van der Waals surface area contributed by atoms with Crippen LogP contribution >= 0.6 is 0 Å². The van der Waals surface area contributed by atoms with Gasteiger partial charge in [-0.15, -0.1) is 0 Å². The summed E-state index contributed by atoms with van der Waals surface area (Å²) in [6.07, 6.45) is -4.47. The van der Waals surface area contributed by atoms with Crippen molar-refractivity contribution in [1.29, 1.82) is 0 Å². The number of anilines is 4. The van der Waals surface area contributed by atoms with Crippen molar-refractivity contribution in [3.63, 3.8) is 0 Å². The van der Waals surface area contributed by atoms with E-state index in [4.69, 9.17) is 5.73 Å². The largest absolute Gasteiger partial charge is 0.418 e. The van der Waals surface area contributed by atoms with Gasteiger partial charge in [0.15, 0.2) is 0 Å². The summed E-state index contributed by atoms with van der Waals surface area (Å²) in [5.41, 5.74) is 6.26. The van der Waals surface area contributed by atoms with Crippen LogP contribution in [0.15, 0.2) is 42.5 Å². The van der Waals surface area contributed by atoms with Gasteiger partial charge in [0.1, 0.15) is 0 Å². The summed E-state index contributed by atoms with van der Waals surface area (Å²) in [6, 6.07) is 11.2. The molecular weight excluding hydrogens is 279 g/mol. The molecule has 2 aromatic carbocycles. The van der Waals surface area contributed by atoms with E-state index < -0.39 is 11.7 Å². The van der Waals surface area contributed by atoms with Crippen LogP contribution in [0.3, 0.4) is 0 Å². The quantitative estimate of drug-likeness (QED) is 0.838. The van der Waals surface area contributed by atoms with E-state index in [0.717, 1.165) is 11.8 Å². The molecule has 112 valence electrons. The molecule has 21 heavy (non-hydrogen) atoms. The minimum absolute atomic E-state index is 0.282. The maximum Gasteiger partial charge on any atom is 0.418 e. The fourth-order valence-corrected chi connectivity index (χ4v) is 1.91. The summed E-state index contributed by atoms with van der Waals surface area (Å²) in [5, 5.41) is 2.96. The molecule has 0 saturated carbocycles. The Morgan fingerprint density at radius 2 is 1.67 bits per heavy atom. The average molecular weight is 295 g/mol. The molecular formula is C15H16F3N3. The third-order valence-corrected chi connectivity index (χ3v) is 3.01. The number of rotatable bonds is 3. The number of nitrogens with two attached hydrogens (primary N) is 1. The minimum atomic E-state index is -4.47. The lowest BCUT2D eigenvalue weighted by atomic mass is 10.1. The molecule has 0 spiro atoms. The van der Waals surface area contributed by atoms with Gasteiger partial charge in [-0.25, -0.2) is 0 Å². The van der Waals surface area contributed by atoms with Crippen LogP contribution in [0, 0.1) is 0 Å². The SMILES string of the molecule is CN(C)c1cccc(Nc2ccc(N)c(C(F)(F)F)c2)c1. The maximum atomic E-state index is 12.8. The molecule has 2 aromatic rings. The zero-order valence-corrected chi connectivity index (χ0v) is 11.7. The van der Waals surface area contributed by atoms with Gasteiger partial charge in [-0.1, -0.05) is 6.07 Å². The summed E-state index contributed by atoms with van der Waals surface area (Å²) in [7, 11) is 3.79. The lowest BCUT2D eigenvalue weighted by Crippen LogP contribution is -2.10. The Kier molecular flexibility index (Phi) is 3.97. The van der Waals surface area contributed by atoms with Crippen molar-refractivity contribution < 1.29 is 13.2 Å². The van der Waals surface area contributed by atoms with E-state index in [1.807, 2.05) is 37.2 Å². The molecule has 0 saturated heterocycles. The van der Waals surface area contributed by atoms with Crippen molar-refractivity contribution in [3.8, 4) is 0 Å². The molecule has 0 atom stereocenters. The highest BCUT2D eigenvalue weighted by molar-refractivity contribution is 5.67. The molecule has 0 amide bonds. The predicted octanol–water partition coefficient (Wildman–Crippen LogP) is 4.10. The molecule has 0 radical (unpaired) electrons. The molecule has 0 aliphatic carbocycles. The van der Waals surface area contributed by atoms with Gasteiger partial charge in [0.25, 0.3) is 0 Å². The number of benzene rings is 2. The molecule has 0 aliphatic rings. The van der Waals surface area contributed by atoms with Gasteiger partial charge in [0.05, 0.1) is 5.56 Å². The molecule has 3 nitrogen and oxygen atoms in total. The van der Waals surface area contributed by atoms with Gasteiger partial charge in [-0.3, -0.25) is 0 Å². The fraction of sp³-hybridized carbons (Fsp3) is 0.200. The van der Waals surface area contributed by atoms with Gasteiger partial charge >= 0.3 is 6.18 Å². The van der Waals surface area contributed by atoms with E-state index in [1.165, 1.54) is 12.1 Å². The van der Waals surface area contributed by atoms with Gasteiger partial charge in [-0.2, -0.15) is 13.2 Å². The predicted molar refractivity (Wildman–Crippen MR) is 79.9 cm³/mol. The topological polar surface area (TPSA) is 41.3 Å². The van der Waals surface area contributed by atoms with Crippen LogP contribution in [-0.2, 0) is 6.18 Å². The van der Waals surface area contributed by atoms with Crippen LogP contribution in [-0.4, -0.2) is 14.1 Å². The number of hydrogen-bond donors (Lipinski definition) is 2. The summed E-state index contributed by atoms with van der Waals surface area (Å²) in [6.45, 7) is 0. The molecule has 3 N–H and O–H groups in total.